The quantitative estimate of drug-likeness (QED) is 0.172. The van der Waals surface area contributed by atoms with Gasteiger partial charge in [0.05, 0.1) is 33.5 Å². The van der Waals surface area contributed by atoms with Crippen molar-refractivity contribution in [3.8, 4) is 56.4 Å². The molecule has 3 aromatic heterocycles. The molecule has 0 N–H and O–H groups in total. The Balaban J connectivity index is 1.02. The lowest BCUT2D eigenvalue weighted by molar-refractivity contribution is 1.16. The van der Waals surface area contributed by atoms with Crippen molar-refractivity contribution in [3.05, 3.63) is 206 Å². The molecule has 262 valence electrons. The molecule has 0 saturated carbocycles. The van der Waals surface area contributed by atoms with Gasteiger partial charge in [0.25, 0.3) is 0 Å². The van der Waals surface area contributed by atoms with Crippen LogP contribution >= 0.6 is 0 Å². The van der Waals surface area contributed by atoms with Crippen molar-refractivity contribution in [3.63, 3.8) is 0 Å². The van der Waals surface area contributed by atoms with Crippen molar-refractivity contribution in [2.75, 3.05) is 0 Å². The fourth-order valence-corrected chi connectivity index (χ4v) is 8.28. The first-order chi connectivity index (χ1) is 27.8. The normalized spacial score (nSPS) is 11.6. The van der Waals surface area contributed by atoms with Crippen molar-refractivity contribution in [2.45, 2.75) is 0 Å². The van der Waals surface area contributed by atoms with Gasteiger partial charge < -0.3 is 9.13 Å². The van der Waals surface area contributed by atoms with Crippen LogP contribution in [0.5, 0.6) is 0 Å². The summed E-state index contributed by atoms with van der Waals surface area (Å²) in [5.41, 5.74) is 14.1. The zero-order valence-corrected chi connectivity index (χ0v) is 30.4. The average molecular weight is 715 g/mol. The average Bonchev–Trinajstić information content (AvgIpc) is 3.80. The number of hydrogen-bond acceptors (Lipinski definition) is 2. The van der Waals surface area contributed by atoms with Crippen LogP contribution in [0.3, 0.4) is 0 Å². The van der Waals surface area contributed by atoms with Crippen LogP contribution in [0.1, 0.15) is 0 Å². The summed E-state index contributed by atoms with van der Waals surface area (Å²) in [4.78, 5) is 10.4. The monoisotopic (exact) mass is 714 g/mol. The van der Waals surface area contributed by atoms with Gasteiger partial charge in [-0.25, -0.2) is 9.97 Å². The van der Waals surface area contributed by atoms with E-state index < -0.39 is 0 Å². The summed E-state index contributed by atoms with van der Waals surface area (Å²) in [6.07, 6.45) is 0. The van der Waals surface area contributed by atoms with Crippen LogP contribution in [-0.2, 0) is 0 Å². The smallest absolute Gasteiger partial charge is 0.160 e. The molecule has 0 atom stereocenters. The topological polar surface area (TPSA) is 35.6 Å². The predicted molar refractivity (Wildman–Crippen MR) is 232 cm³/mol. The number of aromatic nitrogens is 4. The molecule has 0 aliphatic heterocycles. The number of fused-ring (bicyclic) bond motifs is 6. The summed E-state index contributed by atoms with van der Waals surface area (Å²) in [7, 11) is 0. The van der Waals surface area contributed by atoms with Crippen molar-refractivity contribution >= 4 is 43.6 Å². The summed E-state index contributed by atoms with van der Waals surface area (Å²) in [6, 6.07) is 73.1. The Bertz CT molecular complexity index is 2930. The highest BCUT2D eigenvalue weighted by molar-refractivity contribution is 6.10. The van der Waals surface area contributed by atoms with E-state index in [4.69, 9.17) is 9.97 Å². The van der Waals surface area contributed by atoms with Gasteiger partial charge in [-0.1, -0.05) is 152 Å². The molecule has 0 amide bonds. The fraction of sp³-hybridized carbons (Fsp3) is 0. The third-order valence-corrected chi connectivity index (χ3v) is 11.0. The van der Waals surface area contributed by atoms with Crippen LogP contribution in [-0.4, -0.2) is 19.1 Å². The Hall–Kier alpha value is -7.56. The number of hydrogen-bond donors (Lipinski definition) is 0. The molecule has 8 aromatic carbocycles. The first kappa shape index (κ1) is 31.9. The van der Waals surface area contributed by atoms with Gasteiger partial charge >= 0.3 is 0 Å². The van der Waals surface area contributed by atoms with Gasteiger partial charge in [0.2, 0.25) is 0 Å². The zero-order valence-electron chi connectivity index (χ0n) is 30.4. The van der Waals surface area contributed by atoms with Crippen molar-refractivity contribution in [1.82, 2.24) is 19.1 Å². The molecule has 0 aliphatic rings. The second-order valence-corrected chi connectivity index (χ2v) is 14.2. The minimum atomic E-state index is 0.690. The maximum atomic E-state index is 5.20. The van der Waals surface area contributed by atoms with Gasteiger partial charge in [-0.15, -0.1) is 0 Å². The van der Waals surface area contributed by atoms with Crippen LogP contribution in [0.25, 0.3) is 100 Å². The van der Waals surface area contributed by atoms with Crippen molar-refractivity contribution in [1.29, 1.82) is 0 Å². The van der Waals surface area contributed by atoms with Crippen LogP contribution < -0.4 is 0 Å². The largest absolute Gasteiger partial charge is 0.309 e. The van der Waals surface area contributed by atoms with Crippen LogP contribution in [0, 0.1) is 0 Å². The van der Waals surface area contributed by atoms with E-state index in [0.717, 1.165) is 45.0 Å². The van der Waals surface area contributed by atoms with Crippen LogP contribution in [0.4, 0.5) is 0 Å². The molecule has 0 aliphatic carbocycles. The second-order valence-electron chi connectivity index (χ2n) is 14.2. The van der Waals surface area contributed by atoms with E-state index in [1.54, 1.807) is 0 Å². The Labute approximate surface area is 324 Å². The van der Waals surface area contributed by atoms with E-state index in [0.29, 0.717) is 5.82 Å². The van der Waals surface area contributed by atoms with Crippen LogP contribution in [0.15, 0.2) is 206 Å². The van der Waals surface area contributed by atoms with Crippen molar-refractivity contribution < 1.29 is 0 Å². The second kappa shape index (κ2) is 13.1. The van der Waals surface area contributed by atoms with Gasteiger partial charge in [-0.05, 0) is 65.7 Å². The van der Waals surface area contributed by atoms with Gasteiger partial charge in [0.15, 0.2) is 5.82 Å². The highest BCUT2D eigenvalue weighted by Crippen LogP contribution is 2.35. The Morgan fingerprint density at radius 1 is 0.268 bits per heavy atom. The summed E-state index contributed by atoms with van der Waals surface area (Å²) in [5, 5.41) is 5.00. The fourth-order valence-electron chi connectivity index (χ4n) is 8.28. The highest BCUT2D eigenvalue weighted by Gasteiger charge is 2.16. The van der Waals surface area contributed by atoms with Crippen LogP contribution in [0.2, 0.25) is 0 Å². The minimum absolute atomic E-state index is 0.690. The molecule has 3 heterocycles. The lowest BCUT2D eigenvalue weighted by Gasteiger charge is -2.13. The summed E-state index contributed by atoms with van der Waals surface area (Å²) >= 11 is 0. The molecule has 0 unspecified atom stereocenters. The minimum Gasteiger partial charge on any atom is -0.309 e. The number of benzene rings is 8. The lowest BCUT2D eigenvalue weighted by Crippen LogP contribution is -1.98. The lowest BCUT2D eigenvalue weighted by atomic mass is 10.0. The molecule has 0 bridgehead atoms. The molecular weight excluding hydrogens is 681 g/mol. The third-order valence-electron chi connectivity index (χ3n) is 11.0. The standard InChI is InChI=1S/C52H34N4/c1-2-12-35(13-3-1)36-22-24-39(25-23-36)52-53-46(37-26-30-40(31-27-37)55-48-18-8-4-14-42(48)43-15-5-9-19-49(43)55)34-47(54-52)38-28-32-41(33-29-38)56-50-20-10-6-16-44(50)45-17-7-11-21-51(45)56/h1-34H. The molecular formula is C52H34N4. The van der Waals surface area contributed by atoms with E-state index in [1.807, 2.05) is 6.07 Å². The van der Waals surface area contributed by atoms with E-state index >= 15 is 0 Å². The van der Waals surface area contributed by atoms with Gasteiger partial charge in [-0.2, -0.15) is 0 Å². The number of para-hydroxylation sites is 4. The molecule has 56 heavy (non-hydrogen) atoms. The molecule has 4 nitrogen and oxygen atoms in total. The SMILES string of the molecule is c1ccc(-c2ccc(-c3nc(-c4ccc(-n5c6ccccc6c6ccccc65)cc4)cc(-c4ccc(-n5c6ccccc6c6ccccc65)cc4)n3)cc2)cc1. The van der Waals surface area contributed by atoms with Gasteiger partial charge in [0.1, 0.15) is 0 Å². The molecule has 0 spiro atoms. The van der Waals surface area contributed by atoms with Gasteiger partial charge in [0, 0.05) is 49.6 Å². The first-order valence-corrected chi connectivity index (χ1v) is 19.0. The predicted octanol–water partition coefficient (Wildman–Crippen LogP) is 13.3. The summed E-state index contributed by atoms with van der Waals surface area (Å²) in [6.45, 7) is 0. The highest BCUT2D eigenvalue weighted by atomic mass is 15.0. The first-order valence-electron chi connectivity index (χ1n) is 19.0. The van der Waals surface area contributed by atoms with E-state index in [-0.39, 0.29) is 0 Å². The maximum absolute atomic E-state index is 5.20. The molecule has 4 heteroatoms. The maximum Gasteiger partial charge on any atom is 0.160 e. The Morgan fingerprint density at radius 3 is 1.00 bits per heavy atom. The molecule has 11 rings (SSSR count). The number of nitrogens with zero attached hydrogens (tertiary/aromatic N) is 4. The van der Waals surface area contributed by atoms with E-state index in [9.17, 15) is 0 Å². The summed E-state index contributed by atoms with van der Waals surface area (Å²) < 4.78 is 4.69. The molecule has 11 aromatic rings. The van der Waals surface area contributed by atoms with Gasteiger partial charge in [-0.3, -0.25) is 0 Å². The van der Waals surface area contributed by atoms with E-state index in [2.05, 4.69) is 209 Å². The molecule has 0 fully saturated rings. The molecule has 0 saturated heterocycles. The number of rotatable bonds is 6. The zero-order chi connectivity index (χ0) is 37.0. The Morgan fingerprint density at radius 2 is 0.589 bits per heavy atom. The summed E-state index contributed by atoms with van der Waals surface area (Å²) in [5.74, 6) is 0.690. The molecule has 0 radical (unpaired) electrons. The Kier molecular flexibility index (Phi) is 7.46. The third kappa shape index (κ3) is 5.31. The van der Waals surface area contributed by atoms with Crippen molar-refractivity contribution in [2.24, 2.45) is 0 Å². The van der Waals surface area contributed by atoms with E-state index in [1.165, 1.54) is 49.2 Å².